The molecule has 1 aromatic carbocycles. The molecule has 3 aromatic rings. The average molecular weight is 401 g/mol. The van der Waals surface area contributed by atoms with Crippen LogP contribution in [0.15, 0.2) is 46.9 Å². The van der Waals surface area contributed by atoms with Gasteiger partial charge in [-0.2, -0.15) is 5.10 Å². The molecule has 0 saturated heterocycles. The van der Waals surface area contributed by atoms with Gasteiger partial charge in [0.15, 0.2) is 0 Å². The first-order valence-corrected chi connectivity index (χ1v) is 10.0. The molecule has 0 bridgehead atoms. The third-order valence-electron chi connectivity index (χ3n) is 3.76. The summed E-state index contributed by atoms with van der Waals surface area (Å²) in [5, 5.41) is 10.1. The summed E-state index contributed by atoms with van der Waals surface area (Å²) in [5.41, 5.74) is 5.91. The number of aromatic nitrogens is 1. The number of thiazole rings is 1. The van der Waals surface area contributed by atoms with E-state index < -0.39 is 6.09 Å². The van der Waals surface area contributed by atoms with E-state index in [0.29, 0.717) is 21.7 Å². The number of hydrogen-bond donors (Lipinski definition) is 2. The molecule has 1 amide bonds. The molecule has 6 nitrogen and oxygen atoms in total. The van der Waals surface area contributed by atoms with E-state index in [1.54, 1.807) is 17.6 Å². The number of anilines is 2. The summed E-state index contributed by atoms with van der Waals surface area (Å²) in [4.78, 5) is 17.1. The van der Waals surface area contributed by atoms with Crippen LogP contribution in [-0.4, -0.2) is 24.4 Å². The van der Waals surface area contributed by atoms with E-state index in [1.807, 2.05) is 29.6 Å². The molecule has 0 aliphatic heterocycles. The third kappa shape index (κ3) is 4.93. The van der Waals surface area contributed by atoms with Crippen molar-refractivity contribution < 1.29 is 9.53 Å². The molecule has 2 N–H and O–H groups in total. The van der Waals surface area contributed by atoms with E-state index in [-0.39, 0.29) is 0 Å². The van der Waals surface area contributed by atoms with Gasteiger partial charge in [-0.05, 0) is 28.5 Å². The van der Waals surface area contributed by atoms with Crippen LogP contribution in [0.5, 0.6) is 0 Å². The number of rotatable bonds is 6. The summed E-state index contributed by atoms with van der Waals surface area (Å²) in [6.07, 6.45) is 1.21. The predicted molar refractivity (Wildman–Crippen MR) is 113 cm³/mol. The summed E-state index contributed by atoms with van der Waals surface area (Å²) in [5.74, 6) is 0.501. The van der Waals surface area contributed by atoms with E-state index in [4.69, 9.17) is 0 Å². The number of amides is 1. The second kappa shape index (κ2) is 8.79. The van der Waals surface area contributed by atoms with E-state index >= 15 is 0 Å². The first-order valence-electron chi connectivity index (χ1n) is 8.35. The molecule has 0 aliphatic rings. The topological polar surface area (TPSA) is 75.6 Å². The van der Waals surface area contributed by atoms with Gasteiger partial charge in [0.1, 0.15) is 10.7 Å². The minimum Gasteiger partial charge on any atom is -0.453 e. The van der Waals surface area contributed by atoms with Crippen LogP contribution >= 0.6 is 22.7 Å². The van der Waals surface area contributed by atoms with Gasteiger partial charge in [-0.25, -0.2) is 9.78 Å². The van der Waals surface area contributed by atoms with Crippen molar-refractivity contribution in [1.29, 1.82) is 0 Å². The first kappa shape index (κ1) is 19.1. The van der Waals surface area contributed by atoms with Crippen LogP contribution < -0.4 is 10.7 Å². The Morgan fingerprint density at radius 2 is 2.04 bits per heavy atom. The normalized spacial score (nSPS) is 11.1. The lowest BCUT2D eigenvalue weighted by molar-refractivity contribution is 0.187. The van der Waals surface area contributed by atoms with Crippen LogP contribution in [0.25, 0.3) is 10.6 Å². The molecule has 140 valence electrons. The van der Waals surface area contributed by atoms with Crippen molar-refractivity contribution in [2.75, 3.05) is 17.9 Å². The largest absolute Gasteiger partial charge is 0.453 e. The van der Waals surface area contributed by atoms with E-state index in [0.717, 1.165) is 10.4 Å². The summed E-state index contributed by atoms with van der Waals surface area (Å²) in [6.45, 7) is 4.33. The first-order chi connectivity index (χ1) is 13.1. The highest BCUT2D eigenvalue weighted by Gasteiger charge is 2.16. The minimum atomic E-state index is -0.531. The van der Waals surface area contributed by atoms with Gasteiger partial charge in [0.25, 0.3) is 0 Å². The third-order valence-corrected chi connectivity index (χ3v) is 5.51. The highest BCUT2D eigenvalue weighted by atomic mass is 32.1. The molecule has 0 spiro atoms. The number of thiophene rings is 1. The van der Waals surface area contributed by atoms with Crippen molar-refractivity contribution in [3.05, 3.63) is 52.9 Å². The number of hydrazone groups is 1. The standard InChI is InChI=1S/C19H20N4O2S2/c1-12(2)14-8-6-13(7-9-14)11-20-23-18-21-16(15-5-4-10-26-15)17(27-18)22-19(24)25-3/h4-12H,1-3H3,(H,21,23)(H,22,24)/b20-11-. The molecule has 2 aromatic heterocycles. The number of carbonyl (C=O) groups is 1. The monoisotopic (exact) mass is 400 g/mol. The van der Waals surface area contributed by atoms with Gasteiger partial charge in [-0.1, -0.05) is 55.5 Å². The lowest BCUT2D eigenvalue weighted by atomic mass is 10.0. The number of nitrogens with zero attached hydrogens (tertiary/aromatic N) is 2. The van der Waals surface area contributed by atoms with Gasteiger partial charge < -0.3 is 4.74 Å². The molecule has 0 atom stereocenters. The Hall–Kier alpha value is -2.71. The maximum Gasteiger partial charge on any atom is 0.412 e. The number of benzene rings is 1. The summed E-state index contributed by atoms with van der Waals surface area (Å²) in [7, 11) is 1.33. The maximum atomic E-state index is 11.6. The molecule has 0 unspecified atom stereocenters. The number of nitrogens with one attached hydrogen (secondary N) is 2. The molecule has 27 heavy (non-hydrogen) atoms. The van der Waals surface area contributed by atoms with Crippen molar-refractivity contribution in [1.82, 2.24) is 4.98 Å². The van der Waals surface area contributed by atoms with Gasteiger partial charge >= 0.3 is 6.09 Å². The molecule has 0 radical (unpaired) electrons. The predicted octanol–water partition coefficient (Wildman–Crippen LogP) is 5.62. The molecule has 8 heteroatoms. The van der Waals surface area contributed by atoms with Gasteiger partial charge in [-0.15, -0.1) is 11.3 Å². The number of hydrogen-bond acceptors (Lipinski definition) is 7. The zero-order valence-corrected chi connectivity index (χ0v) is 16.9. The highest BCUT2D eigenvalue weighted by molar-refractivity contribution is 7.21. The summed E-state index contributed by atoms with van der Waals surface area (Å²) in [6, 6.07) is 12.2. The minimum absolute atomic E-state index is 0.501. The fourth-order valence-electron chi connectivity index (χ4n) is 2.31. The van der Waals surface area contributed by atoms with Crippen LogP contribution in [-0.2, 0) is 4.74 Å². The van der Waals surface area contributed by atoms with Crippen LogP contribution in [0.2, 0.25) is 0 Å². The van der Waals surface area contributed by atoms with E-state index in [2.05, 4.69) is 51.5 Å². The summed E-state index contributed by atoms with van der Waals surface area (Å²) < 4.78 is 4.68. The van der Waals surface area contributed by atoms with Crippen LogP contribution in [0.4, 0.5) is 14.9 Å². The fraction of sp³-hybridized carbons (Fsp3) is 0.211. The Kier molecular flexibility index (Phi) is 6.20. The van der Waals surface area contributed by atoms with Gasteiger partial charge in [0.2, 0.25) is 5.13 Å². The second-order valence-corrected chi connectivity index (χ2v) is 7.93. The smallest absolute Gasteiger partial charge is 0.412 e. The van der Waals surface area contributed by atoms with Crippen LogP contribution in [0.3, 0.4) is 0 Å². The van der Waals surface area contributed by atoms with Crippen molar-refractivity contribution in [3.63, 3.8) is 0 Å². The summed E-state index contributed by atoms with van der Waals surface area (Å²) >= 11 is 2.85. The Bertz CT molecular complexity index is 916. The van der Waals surface area contributed by atoms with Gasteiger partial charge in [-0.3, -0.25) is 10.7 Å². The molecule has 2 heterocycles. The SMILES string of the molecule is COC(=O)Nc1sc(N/N=C\c2ccc(C(C)C)cc2)nc1-c1cccs1. The number of methoxy groups -OCH3 is 1. The molecular weight excluding hydrogens is 380 g/mol. The quantitative estimate of drug-likeness (QED) is 0.416. The molecule has 0 saturated carbocycles. The number of carbonyl (C=O) groups excluding carboxylic acids is 1. The maximum absolute atomic E-state index is 11.6. The van der Waals surface area contributed by atoms with Crippen molar-refractivity contribution in [3.8, 4) is 10.6 Å². The Balaban J connectivity index is 1.74. The zero-order chi connectivity index (χ0) is 19.2. The molecular formula is C19H20N4O2S2. The van der Waals surface area contributed by atoms with Crippen molar-refractivity contribution >= 4 is 45.1 Å². The van der Waals surface area contributed by atoms with Crippen molar-refractivity contribution in [2.45, 2.75) is 19.8 Å². The van der Waals surface area contributed by atoms with Crippen molar-refractivity contribution in [2.24, 2.45) is 5.10 Å². The van der Waals surface area contributed by atoms with E-state index in [1.165, 1.54) is 24.0 Å². The lowest BCUT2D eigenvalue weighted by Crippen LogP contribution is -2.10. The molecule has 3 rings (SSSR count). The Morgan fingerprint density at radius 3 is 2.67 bits per heavy atom. The second-order valence-electron chi connectivity index (χ2n) is 5.98. The molecule has 0 fully saturated rings. The van der Waals surface area contributed by atoms with Gasteiger partial charge in [0.05, 0.1) is 18.2 Å². The fourth-order valence-corrected chi connectivity index (χ4v) is 3.91. The molecule has 0 aliphatic carbocycles. The lowest BCUT2D eigenvalue weighted by Gasteiger charge is -2.04. The zero-order valence-electron chi connectivity index (χ0n) is 15.2. The van der Waals surface area contributed by atoms with Crippen LogP contribution in [0, 0.1) is 0 Å². The number of ether oxygens (including phenoxy) is 1. The highest BCUT2D eigenvalue weighted by Crippen LogP contribution is 2.38. The van der Waals surface area contributed by atoms with Crippen LogP contribution in [0.1, 0.15) is 30.9 Å². The van der Waals surface area contributed by atoms with E-state index in [9.17, 15) is 4.79 Å². The van der Waals surface area contributed by atoms with Gasteiger partial charge in [0, 0.05) is 0 Å². The average Bonchev–Trinajstić information content (AvgIpc) is 3.32. The Labute approximate surface area is 165 Å². The Morgan fingerprint density at radius 1 is 1.26 bits per heavy atom.